The van der Waals surface area contributed by atoms with Gasteiger partial charge in [-0.15, -0.1) is 0 Å². The van der Waals surface area contributed by atoms with Gasteiger partial charge >= 0.3 is 0 Å². The predicted molar refractivity (Wildman–Crippen MR) is 65.5 cm³/mol. The van der Waals surface area contributed by atoms with E-state index in [4.69, 9.17) is 5.73 Å². The van der Waals surface area contributed by atoms with Gasteiger partial charge in [-0.3, -0.25) is 4.79 Å². The lowest BCUT2D eigenvalue weighted by atomic mass is 10.1. The van der Waals surface area contributed by atoms with Crippen LogP contribution in [0.15, 0.2) is 30.5 Å². The second kappa shape index (κ2) is 4.00. The predicted octanol–water partition coefficient (Wildman–Crippen LogP) is 2.71. The molecule has 0 saturated heterocycles. The molecule has 0 saturated carbocycles. The van der Waals surface area contributed by atoms with Crippen LogP contribution in [0.2, 0.25) is 0 Å². The highest BCUT2D eigenvalue weighted by atomic mass is 16.1. The molecule has 0 aliphatic heterocycles. The largest absolute Gasteiger partial charge is 0.366 e. The zero-order valence-electron chi connectivity index (χ0n) is 9.60. The van der Waals surface area contributed by atoms with Crippen molar-refractivity contribution in [3.8, 4) is 0 Å². The number of fused-ring (bicyclic) bond motifs is 1. The first-order valence-corrected chi connectivity index (χ1v) is 5.54. The molecule has 0 radical (unpaired) electrons. The van der Waals surface area contributed by atoms with E-state index < -0.39 is 0 Å². The standard InChI is InChI=1S/C13H16N2O/c1-3-9(2)15-8-7-10-11(13(14)16)5-4-6-12(10)15/h4-9H,3H2,1-2H3,(H2,14,16). The smallest absolute Gasteiger partial charge is 0.249 e. The van der Waals surface area contributed by atoms with Gasteiger partial charge in [-0.25, -0.2) is 0 Å². The molecule has 0 spiro atoms. The van der Waals surface area contributed by atoms with Crippen molar-refractivity contribution >= 4 is 16.8 Å². The summed E-state index contributed by atoms with van der Waals surface area (Å²) in [5.41, 5.74) is 7.02. The molecule has 2 aromatic rings. The molecule has 0 aliphatic rings. The first kappa shape index (κ1) is 10.7. The number of nitrogens with zero attached hydrogens (tertiary/aromatic N) is 1. The van der Waals surface area contributed by atoms with E-state index in [0.29, 0.717) is 11.6 Å². The molecule has 0 fully saturated rings. The van der Waals surface area contributed by atoms with Crippen LogP contribution in [0.1, 0.15) is 36.7 Å². The van der Waals surface area contributed by atoms with Crippen molar-refractivity contribution in [3.63, 3.8) is 0 Å². The average Bonchev–Trinajstić information content (AvgIpc) is 2.71. The third-order valence-corrected chi connectivity index (χ3v) is 3.09. The van der Waals surface area contributed by atoms with Crippen molar-refractivity contribution in [1.82, 2.24) is 4.57 Å². The molecule has 3 nitrogen and oxygen atoms in total. The summed E-state index contributed by atoms with van der Waals surface area (Å²) in [6.07, 6.45) is 3.08. The summed E-state index contributed by atoms with van der Waals surface area (Å²) in [6.45, 7) is 4.31. The Bertz CT molecular complexity index is 528. The fourth-order valence-electron chi connectivity index (χ4n) is 1.98. The van der Waals surface area contributed by atoms with Crippen LogP contribution in [-0.2, 0) is 0 Å². The van der Waals surface area contributed by atoms with Crippen LogP contribution in [-0.4, -0.2) is 10.5 Å². The number of aromatic nitrogens is 1. The Hall–Kier alpha value is -1.77. The van der Waals surface area contributed by atoms with Gasteiger partial charge in [-0.1, -0.05) is 13.0 Å². The molecule has 1 aromatic carbocycles. The fraction of sp³-hybridized carbons (Fsp3) is 0.308. The molecule has 1 unspecified atom stereocenters. The summed E-state index contributed by atoms with van der Waals surface area (Å²) in [4.78, 5) is 11.3. The van der Waals surface area contributed by atoms with Crippen LogP contribution in [0.3, 0.4) is 0 Å². The highest BCUT2D eigenvalue weighted by Crippen LogP contribution is 2.24. The van der Waals surface area contributed by atoms with Crippen LogP contribution in [0, 0.1) is 0 Å². The molecule has 1 aromatic heterocycles. The molecule has 1 amide bonds. The first-order valence-electron chi connectivity index (χ1n) is 5.54. The number of nitrogens with two attached hydrogens (primary N) is 1. The lowest BCUT2D eigenvalue weighted by molar-refractivity contribution is 0.100. The van der Waals surface area contributed by atoms with Gasteiger partial charge in [0, 0.05) is 28.7 Å². The molecule has 1 atom stereocenters. The van der Waals surface area contributed by atoms with Crippen molar-refractivity contribution in [2.45, 2.75) is 26.3 Å². The molecular weight excluding hydrogens is 200 g/mol. The van der Waals surface area contributed by atoms with Gasteiger partial charge in [0.05, 0.1) is 0 Å². The monoisotopic (exact) mass is 216 g/mol. The van der Waals surface area contributed by atoms with E-state index in [1.54, 1.807) is 6.07 Å². The number of carbonyl (C=O) groups excluding carboxylic acids is 1. The van der Waals surface area contributed by atoms with E-state index in [1.807, 2.05) is 24.4 Å². The van der Waals surface area contributed by atoms with Crippen LogP contribution < -0.4 is 5.73 Å². The molecule has 0 aliphatic carbocycles. The van der Waals surface area contributed by atoms with Crippen molar-refractivity contribution < 1.29 is 4.79 Å². The van der Waals surface area contributed by atoms with E-state index in [2.05, 4.69) is 18.4 Å². The van der Waals surface area contributed by atoms with Gasteiger partial charge in [-0.05, 0) is 31.5 Å². The summed E-state index contributed by atoms with van der Waals surface area (Å²) in [5.74, 6) is -0.368. The normalized spacial score (nSPS) is 12.9. The molecule has 16 heavy (non-hydrogen) atoms. The van der Waals surface area contributed by atoms with Crippen LogP contribution in [0.25, 0.3) is 10.9 Å². The Balaban J connectivity index is 2.66. The van der Waals surface area contributed by atoms with Gasteiger partial charge in [0.1, 0.15) is 0 Å². The number of benzene rings is 1. The maximum Gasteiger partial charge on any atom is 0.249 e. The molecule has 1 heterocycles. The van der Waals surface area contributed by atoms with Gasteiger partial charge in [0.15, 0.2) is 0 Å². The molecule has 3 heteroatoms. The van der Waals surface area contributed by atoms with Crippen LogP contribution in [0.5, 0.6) is 0 Å². The second-order valence-corrected chi connectivity index (χ2v) is 4.08. The second-order valence-electron chi connectivity index (χ2n) is 4.08. The number of carbonyl (C=O) groups is 1. The number of hydrogen-bond donors (Lipinski definition) is 1. The van der Waals surface area contributed by atoms with E-state index in [-0.39, 0.29) is 5.91 Å². The molecular formula is C13H16N2O. The summed E-state index contributed by atoms with van der Waals surface area (Å²) < 4.78 is 2.18. The summed E-state index contributed by atoms with van der Waals surface area (Å²) in [6, 6.07) is 8.06. The third kappa shape index (κ3) is 1.58. The summed E-state index contributed by atoms with van der Waals surface area (Å²) in [5, 5.41) is 0.940. The maximum absolute atomic E-state index is 11.3. The van der Waals surface area contributed by atoms with Gasteiger partial charge < -0.3 is 10.3 Å². The van der Waals surface area contributed by atoms with E-state index in [0.717, 1.165) is 17.3 Å². The van der Waals surface area contributed by atoms with Crippen molar-refractivity contribution in [1.29, 1.82) is 0 Å². The lowest BCUT2D eigenvalue weighted by Gasteiger charge is -2.12. The molecule has 0 bridgehead atoms. The van der Waals surface area contributed by atoms with Gasteiger partial charge in [0.2, 0.25) is 5.91 Å². The van der Waals surface area contributed by atoms with E-state index in [9.17, 15) is 4.79 Å². The quantitative estimate of drug-likeness (QED) is 0.842. The Labute approximate surface area is 94.9 Å². The Morgan fingerprint density at radius 1 is 1.44 bits per heavy atom. The number of primary amides is 1. The SMILES string of the molecule is CCC(C)n1ccc2c(C(N)=O)cccc21. The minimum absolute atomic E-state index is 0.368. The molecule has 84 valence electrons. The lowest BCUT2D eigenvalue weighted by Crippen LogP contribution is -2.11. The average molecular weight is 216 g/mol. The van der Waals surface area contributed by atoms with E-state index >= 15 is 0 Å². The van der Waals surface area contributed by atoms with Crippen molar-refractivity contribution in [2.24, 2.45) is 5.73 Å². The zero-order chi connectivity index (χ0) is 11.7. The minimum Gasteiger partial charge on any atom is -0.366 e. The van der Waals surface area contributed by atoms with Gasteiger partial charge in [0.25, 0.3) is 0 Å². The number of rotatable bonds is 3. The Morgan fingerprint density at radius 3 is 2.81 bits per heavy atom. The molecule has 2 rings (SSSR count). The highest BCUT2D eigenvalue weighted by molar-refractivity contribution is 6.05. The maximum atomic E-state index is 11.3. The highest BCUT2D eigenvalue weighted by Gasteiger charge is 2.11. The zero-order valence-corrected chi connectivity index (χ0v) is 9.60. The summed E-state index contributed by atoms with van der Waals surface area (Å²) >= 11 is 0. The third-order valence-electron chi connectivity index (χ3n) is 3.09. The van der Waals surface area contributed by atoms with Crippen LogP contribution in [0.4, 0.5) is 0 Å². The van der Waals surface area contributed by atoms with Crippen molar-refractivity contribution in [2.75, 3.05) is 0 Å². The Morgan fingerprint density at radius 2 is 2.19 bits per heavy atom. The van der Waals surface area contributed by atoms with Gasteiger partial charge in [-0.2, -0.15) is 0 Å². The topological polar surface area (TPSA) is 48.0 Å². The van der Waals surface area contributed by atoms with E-state index in [1.165, 1.54) is 0 Å². The summed E-state index contributed by atoms with van der Waals surface area (Å²) in [7, 11) is 0. The van der Waals surface area contributed by atoms with Crippen LogP contribution >= 0.6 is 0 Å². The number of amides is 1. The fourth-order valence-corrected chi connectivity index (χ4v) is 1.98. The minimum atomic E-state index is -0.368. The first-order chi connectivity index (χ1) is 7.65. The molecule has 2 N–H and O–H groups in total. The van der Waals surface area contributed by atoms with Crippen molar-refractivity contribution in [3.05, 3.63) is 36.0 Å². The Kier molecular flexibility index (Phi) is 2.69. The number of hydrogen-bond acceptors (Lipinski definition) is 1.